The largest absolute Gasteiger partial charge is 0.508 e. The van der Waals surface area contributed by atoms with Crippen molar-refractivity contribution in [1.29, 1.82) is 0 Å². The monoisotopic (exact) mass is 2020 g/mol. The Kier molecular flexibility index (Phi) is 41.4. The Bertz CT molecular complexity index is 5000. The van der Waals surface area contributed by atoms with Gasteiger partial charge in [-0.05, 0) is 281 Å². The molecule has 794 valence electrons. The van der Waals surface area contributed by atoms with Gasteiger partial charge in [0, 0.05) is 135 Å². The van der Waals surface area contributed by atoms with E-state index in [4.69, 9.17) is 10.5 Å². The first kappa shape index (κ1) is 114. The predicted molar refractivity (Wildman–Crippen MR) is 526 cm³/mol. The molecule has 143 heavy (non-hydrogen) atoms. The minimum atomic E-state index is -4.75. The van der Waals surface area contributed by atoms with Gasteiger partial charge in [-0.25, -0.2) is 0 Å². The van der Waals surface area contributed by atoms with E-state index in [1.165, 1.54) is 18.2 Å². The summed E-state index contributed by atoms with van der Waals surface area (Å²) in [6.07, 6.45) is -3.95. The summed E-state index contributed by atoms with van der Waals surface area (Å²) in [6.45, 7) is 30.9. The van der Waals surface area contributed by atoms with Crippen molar-refractivity contribution in [2.24, 2.45) is 53.1 Å². The fourth-order valence-electron chi connectivity index (χ4n) is 20.4. The first-order valence-corrected chi connectivity index (χ1v) is 51.1. The SMILES string of the molecule is CC(C)[C@@H](CN1CCC(C(F)(F)F)CC1)NC(=O)[C@H]1Cc2ccc(O)cc2CN1.CC(C)[C@@H](CN1CCC(C(F)(F)F)CC1)NC(=O)[C@H]1Cc2ccc(O)cc2CN1C(F)(F)F.CC(C)[C@@H](CN1CCC(C(N)=O)CC1)NC(=O)[C@H]1Cc2ccc(O)cc2CN1.CC(C)[C@@H](CN1CCCCC1=O)NC(=O)[C@H]1Cc2ccc(O)cc2CN1.COC1CCN(C[C@@H](NC(=O)[C@H]2Cc3ccc(O)cc3CN2)C(C)C)CC1. The molecule has 7 amide bonds. The van der Waals surface area contributed by atoms with E-state index in [-0.39, 0.29) is 193 Å². The molecule has 38 heteroatoms. The molecule has 5 aromatic rings. The Balaban J connectivity index is 0.000000171. The molecule has 29 nitrogen and oxygen atoms in total. The van der Waals surface area contributed by atoms with Crippen molar-refractivity contribution >= 4 is 41.4 Å². The first-order valence-electron chi connectivity index (χ1n) is 51.1. The van der Waals surface area contributed by atoms with Crippen LogP contribution in [0.3, 0.4) is 0 Å². The smallest absolute Gasteiger partial charge is 0.460 e. The number of benzene rings is 5. The average Bonchev–Trinajstić information content (AvgIpc) is 0.773. The number of carbonyl (C=O) groups excluding carboxylic acids is 7. The van der Waals surface area contributed by atoms with E-state index in [1.807, 2.05) is 66.7 Å². The zero-order chi connectivity index (χ0) is 104. The molecule has 0 unspecified atom stereocenters. The maximum absolute atomic E-state index is 13.7. The van der Waals surface area contributed by atoms with Crippen molar-refractivity contribution < 1.29 is 103 Å². The number of nitrogens with one attached hydrogen (secondary N) is 9. The Morgan fingerprint density at radius 2 is 0.657 bits per heavy atom. The topological polar surface area (TPSA) is 384 Å². The van der Waals surface area contributed by atoms with Crippen molar-refractivity contribution in [2.45, 2.75) is 290 Å². The van der Waals surface area contributed by atoms with Gasteiger partial charge in [-0.3, -0.25) is 33.6 Å². The van der Waals surface area contributed by atoms with Gasteiger partial charge in [-0.15, -0.1) is 0 Å². The molecule has 5 saturated heterocycles. The molecule has 0 radical (unpaired) electrons. The van der Waals surface area contributed by atoms with Crippen LogP contribution in [0.15, 0.2) is 91.0 Å². The van der Waals surface area contributed by atoms with Crippen molar-refractivity contribution in [2.75, 3.05) is 98.7 Å². The van der Waals surface area contributed by atoms with Gasteiger partial charge >= 0.3 is 18.7 Å². The van der Waals surface area contributed by atoms with Gasteiger partial charge in [0.15, 0.2) is 0 Å². The maximum atomic E-state index is 13.7. The van der Waals surface area contributed by atoms with Gasteiger partial charge in [0.2, 0.25) is 41.4 Å². The van der Waals surface area contributed by atoms with Gasteiger partial charge in [0.05, 0.1) is 42.1 Å². The molecule has 10 atom stereocenters. The second-order valence-corrected chi connectivity index (χ2v) is 42.2. The number of primary amides is 1. The number of phenolic OH excluding ortho intramolecular Hbond substituents is 5. The number of alkyl halides is 9. The summed E-state index contributed by atoms with van der Waals surface area (Å²) in [7, 11) is 1.79. The molecule has 5 aromatic carbocycles. The molecule has 10 heterocycles. The lowest BCUT2D eigenvalue weighted by Crippen LogP contribution is -2.59. The number of hydrogen-bond acceptors (Lipinski definition) is 22. The number of carbonyl (C=O) groups is 7. The van der Waals surface area contributed by atoms with E-state index >= 15 is 0 Å². The molecule has 0 aromatic heterocycles. The van der Waals surface area contributed by atoms with Crippen molar-refractivity contribution in [1.82, 2.24) is 77.3 Å². The van der Waals surface area contributed by atoms with Crippen molar-refractivity contribution in [3.63, 3.8) is 0 Å². The van der Waals surface area contributed by atoms with Gasteiger partial charge in [-0.1, -0.05) is 99.6 Å². The number of methoxy groups -OCH3 is 1. The van der Waals surface area contributed by atoms with Crippen LogP contribution in [0.25, 0.3) is 0 Å². The zero-order valence-corrected chi connectivity index (χ0v) is 84.5. The minimum Gasteiger partial charge on any atom is -0.508 e. The summed E-state index contributed by atoms with van der Waals surface area (Å²) in [5, 5.41) is 76.5. The van der Waals surface area contributed by atoms with Crippen LogP contribution < -0.4 is 53.6 Å². The van der Waals surface area contributed by atoms with Crippen LogP contribution in [-0.4, -0.2) is 280 Å². The predicted octanol–water partition coefficient (Wildman–Crippen LogP) is 10.8. The third-order valence-corrected chi connectivity index (χ3v) is 30.1. The van der Waals surface area contributed by atoms with Crippen LogP contribution in [-0.2, 0) is 103 Å². The molecule has 0 bridgehead atoms. The number of fused-ring (bicyclic) bond motifs is 5. The number of rotatable bonds is 27. The molecule has 15 rings (SSSR count). The highest BCUT2D eigenvalue weighted by atomic mass is 19.4. The number of ether oxygens (including phenoxy) is 1. The highest BCUT2D eigenvalue weighted by molar-refractivity contribution is 5.86. The van der Waals surface area contributed by atoms with E-state index in [1.54, 1.807) is 55.6 Å². The number of nitrogens with two attached hydrogens (primary N) is 1. The summed E-state index contributed by atoms with van der Waals surface area (Å²) in [4.78, 5) is 98.4. The van der Waals surface area contributed by atoms with Gasteiger partial charge in [-0.2, -0.15) is 44.4 Å². The highest BCUT2D eigenvalue weighted by Gasteiger charge is 2.49. The molecular weight excluding hydrogens is 1860 g/mol. The second kappa shape index (κ2) is 52.1. The molecule has 16 N–H and O–H groups in total. The number of piperidine rings is 5. The number of amides is 7. The van der Waals surface area contributed by atoms with E-state index in [9.17, 15) is 98.6 Å². The molecule has 10 aliphatic heterocycles. The lowest BCUT2D eigenvalue weighted by Gasteiger charge is -2.39. The normalized spacial score (nSPS) is 22.1. The first-order chi connectivity index (χ1) is 67.6. The van der Waals surface area contributed by atoms with Crippen LogP contribution in [0.4, 0.5) is 39.5 Å². The molecule has 0 saturated carbocycles. The number of phenols is 5. The van der Waals surface area contributed by atoms with Crippen LogP contribution in [0.1, 0.15) is 196 Å². The molecule has 0 spiro atoms. The summed E-state index contributed by atoms with van der Waals surface area (Å²) >= 11 is 0. The van der Waals surface area contributed by atoms with Gasteiger partial charge in [0.25, 0.3) is 0 Å². The van der Waals surface area contributed by atoms with Crippen molar-refractivity contribution in [3.8, 4) is 28.7 Å². The quantitative estimate of drug-likeness (QED) is 0.0171. The van der Waals surface area contributed by atoms with E-state index < -0.39 is 55.0 Å². The van der Waals surface area contributed by atoms with E-state index in [0.29, 0.717) is 114 Å². The summed E-state index contributed by atoms with van der Waals surface area (Å²) in [6, 6.07) is 22.3. The molecule has 0 aliphatic carbocycles. The average molecular weight is 2020 g/mol. The van der Waals surface area contributed by atoms with Crippen LogP contribution in [0, 0.1) is 47.3 Å². The number of aromatic hydroxyl groups is 5. The van der Waals surface area contributed by atoms with E-state index in [0.717, 1.165) is 129 Å². The Labute approximate surface area is 835 Å². The number of hydrogen-bond donors (Lipinski definition) is 15. The van der Waals surface area contributed by atoms with Crippen LogP contribution >= 0.6 is 0 Å². The lowest BCUT2D eigenvalue weighted by molar-refractivity contribution is -0.262. The summed E-state index contributed by atoms with van der Waals surface area (Å²) in [5.41, 5.74) is 14.8. The summed E-state index contributed by atoms with van der Waals surface area (Å²) in [5.74, 6) is -1.55. The maximum Gasteiger partial charge on any atom is 0.460 e. The zero-order valence-electron chi connectivity index (χ0n) is 84.5. The van der Waals surface area contributed by atoms with Gasteiger partial charge in [0.1, 0.15) is 34.8 Å². The van der Waals surface area contributed by atoms with Crippen molar-refractivity contribution in [3.05, 3.63) is 147 Å². The molecular formula is C105H153F9N16O13. The Morgan fingerprint density at radius 3 is 0.937 bits per heavy atom. The Hall–Kier alpha value is -9.64. The van der Waals surface area contributed by atoms with E-state index in [2.05, 4.69) is 99.2 Å². The van der Waals surface area contributed by atoms with Crippen LogP contribution in [0.5, 0.6) is 28.7 Å². The lowest BCUT2D eigenvalue weighted by atomic mass is 9.92. The highest BCUT2D eigenvalue weighted by Crippen LogP contribution is 2.39. The van der Waals surface area contributed by atoms with Gasteiger partial charge < -0.3 is 108 Å². The fourth-order valence-corrected chi connectivity index (χ4v) is 20.4. The third kappa shape index (κ3) is 33.7. The minimum absolute atomic E-state index is 0.0180. The summed E-state index contributed by atoms with van der Waals surface area (Å²) < 4.78 is 124. The number of halogens is 9. The second-order valence-electron chi connectivity index (χ2n) is 42.2. The number of likely N-dealkylation sites (tertiary alicyclic amines) is 5. The molecule has 5 fully saturated rings. The number of nitrogens with zero attached hydrogens (tertiary/aromatic N) is 6. The van der Waals surface area contributed by atoms with Crippen LogP contribution in [0.2, 0.25) is 0 Å². The fraction of sp³-hybridized carbons (Fsp3) is 0.648. The standard InChI is InChI=1S/C22H29F6N3O2.C21H30F3N3O2.C21H32N4O3.C21H33N3O3.C20H29N3O3/c1-13(2)18(12-30-7-5-16(6-8-30)21(23,24)25)29-20(33)19-10-14-3-4-17(32)9-15(14)11-31(19)22(26,27)28;1-13(2)19(12-27-7-5-16(6-8-27)21(22,23)24)26-20(29)18-10-14-3-4-17(28)9-15(14)11-25-18;1-13(2)19(12-25-7-5-14(6-8-25)20(22)27)24-21(28)18-10-15-3-4-17(26)9-16(15)11-23-18;1-14(2)20(13-24-8-6-18(27-3)7-9-24)23-21(26)19-11-15-4-5-17(25)10-16(15)12-22-19;1-13(2)18(12-23-8-4-3-5-19(23)25)22-20(26)17-10-14-6-7-16(24)9-15(14)11-21-17/h3-4,9,13,16,18-19,32H,5-8,10-12H2,1-2H3,(H,29,33);3-4,9,13,16,18-19,25,28H,5-8,10-12H2,1-2H3,(H,26,29);3-4,9,13-14,18-19,23,26H,5-8,10-12H2,1-2H3,(H2,22,27)(H,24,28);4-5,10,14,18-20,22,25H,6-9,11-13H2,1-3H3,(H,23,26);6-7,9,13,17-18,21,24H,3-5,8,10-12H2,1-2H3,(H,22,26)/t3*18-,19-;19-,20-;17-,18-/m11111/s1. The Morgan fingerprint density at radius 1 is 0.378 bits per heavy atom. The third-order valence-electron chi connectivity index (χ3n) is 30.1. The molecule has 10 aliphatic rings.